The highest BCUT2D eigenvalue weighted by Crippen LogP contribution is 2.27. The highest BCUT2D eigenvalue weighted by Gasteiger charge is 2.15. The Balaban J connectivity index is 1.88. The molecule has 0 atom stereocenters. The van der Waals surface area contributed by atoms with Crippen LogP contribution in [0, 0.1) is 19.8 Å². The molecule has 1 aromatic heterocycles. The van der Waals surface area contributed by atoms with Crippen molar-refractivity contribution in [2.24, 2.45) is 5.92 Å². The van der Waals surface area contributed by atoms with E-state index >= 15 is 0 Å². The smallest absolute Gasteiger partial charge is 0.0828 e. The molecule has 3 nitrogen and oxygen atoms in total. The van der Waals surface area contributed by atoms with E-state index in [1.54, 1.807) is 0 Å². The van der Waals surface area contributed by atoms with Gasteiger partial charge in [-0.2, -0.15) is 5.10 Å². The molecule has 1 fully saturated rings. The van der Waals surface area contributed by atoms with Crippen molar-refractivity contribution in [3.63, 3.8) is 0 Å². The molecule has 19 heavy (non-hydrogen) atoms. The van der Waals surface area contributed by atoms with Gasteiger partial charge in [-0.3, -0.25) is 4.68 Å². The summed E-state index contributed by atoms with van der Waals surface area (Å²) in [5, 5.41) is 8.25. The summed E-state index contributed by atoms with van der Waals surface area (Å²) in [6.45, 7) is 9.74. The van der Waals surface area contributed by atoms with Crippen LogP contribution in [0.15, 0.2) is 0 Å². The molecular weight excluding hydrogens is 234 g/mol. The lowest BCUT2D eigenvalue weighted by molar-refractivity contribution is 0.345. The van der Waals surface area contributed by atoms with Crippen LogP contribution in [0.3, 0.4) is 0 Å². The number of nitrogens with one attached hydrogen (secondary N) is 1. The summed E-state index contributed by atoms with van der Waals surface area (Å²) in [6.07, 6.45) is 8.51. The average molecular weight is 263 g/mol. The van der Waals surface area contributed by atoms with Crippen LogP contribution in [-0.4, -0.2) is 16.3 Å². The Kier molecular flexibility index (Phi) is 4.89. The third-order valence-electron chi connectivity index (χ3n) is 4.39. The molecule has 0 spiro atoms. The van der Waals surface area contributed by atoms with Gasteiger partial charge in [0.05, 0.1) is 17.1 Å². The number of anilines is 1. The zero-order chi connectivity index (χ0) is 13.8. The molecule has 3 heteroatoms. The summed E-state index contributed by atoms with van der Waals surface area (Å²) in [5.74, 6) is 0.946. The minimum atomic E-state index is 0.438. The second-order valence-corrected chi connectivity index (χ2v) is 6.30. The fourth-order valence-corrected chi connectivity index (χ4v) is 3.30. The molecule has 1 aromatic rings. The SMILES string of the molecule is Cc1nn(C(C)C)c(C)c1NCCC1CCCCC1. The number of aryl methyl sites for hydroxylation is 1. The summed E-state index contributed by atoms with van der Waals surface area (Å²) in [5.41, 5.74) is 3.66. The maximum Gasteiger partial charge on any atom is 0.0828 e. The zero-order valence-corrected chi connectivity index (χ0v) is 13.0. The van der Waals surface area contributed by atoms with Gasteiger partial charge in [-0.1, -0.05) is 32.1 Å². The minimum absolute atomic E-state index is 0.438. The topological polar surface area (TPSA) is 29.9 Å². The number of hydrogen-bond donors (Lipinski definition) is 1. The Morgan fingerprint density at radius 3 is 2.47 bits per heavy atom. The Bertz CT molecular complexity index is 400. The molecule has 0 radical (unpaired) electrons. The largest absolute Gasteiger partial charge is 0.382 e. The van der Waals surface area contributed by atoms with Gasteiger partial charge < -0.3 is 5.32 Å². The Labute approximate surface area is 117 Å². The molecule has 0 unspecified atom stereocenters. The van der Waals surface area contributed by atoms with E-state index in [-0.39, 0.29) is 0 Å². The van der Waals surface area contributed by atoms with Crippen LogP contribution in [0.25, 0.3) is 0 Å². The van der Waals surface area contributed by atoms with Crippen molar-refractivity contribution in [1.29, 1.82) is 0 Å². The van der Waals surface area contributed by atoms with E-state index in [1.807, 2.05) is 0 Å². The van der Waals surface area contributed by atoms with Crippen molar-refractivity contribution < 1.29 is 0 Å². The van der Waals surface area contributed by atoms with E-state index in [0.717, 1.165) is 18.2 Å². The van der Waals surface area contributed by atoms with Gasteiger partial charge in [-0.15, -0.1) is 0 Å². The first kappa shape index (κ1) is 14.4. The first-order valence-corrected chi connectivity index (χ1v) is 7.89. The van der Waals surface area contributed by atoms with Gasteiger partial charge in [0, 0.05) is 12.6 Å². The lowest BCUT2D eigenvalue weighted by atomic mass is 9.87. The molecule has 2 rings (SSSR count). The van der Waals surface area contributed by atoms with Crippen molar-refractivity contribution in [3.05, 3.63) is 11.4 Å². The second-order valence-electron chi connectivity index (χ2n) is 6.30. The highest BCUT2D eigenvalue weighted by molar-refractivity contribution is 5.52. The van der Waals surface area contributed by atoms with E-state index in [9.17, 15) is 0 Å². The zero-order valence-electron chi connectivity index (χ0n) is 13.0. The molecule has 1 N–H and O–H groups in total. The number of nitrogens with zero attached hydrogens (tertiary/aromatic N) is 2. The van der Waals surface area contributed by atoms with Crippen LogP contribution in [-0.2, 0) is 0 Å². The molecule has 0 bridgehead atoms. The van der Waals surface area contributed by atoms with Crippen LogP contribution in [0.4, 0.5) is 5.69 Å². The quantitative estimate of drug-likeness (QED) is 0.849. The van der Waals surface area contributed by atoms with Crippen molar-refractivity contribution in [3.8, 4) is 0 Å². The first-order chi connectivity index (χ1) is 9.09. The third-order valence-corrected chi connectivity index (χ3v) is 4.39. The van der Waals surface area contributed by atoms with Crippen LogP contribution < -0.4 is 5.32 Å². The summed E-state index contributed by atoms with van der Waals surface area (Å²) in [4.78, 5) is 0. The molecule has 0 aliphatic heterocycles. The number of aromatic nitrogens is 2. The van der Waals surface area contributed by atoms with Gasteiger partial charge in [0.15, 0.2) is 0 Å². The van der Waals surface area contributed by atoms with E-state index in [2.05, 4.69) is 42.8 Å². The molecule has 0 amide bonds. The standard InChI is InChI=1S/C16H29N3/c1-12(2)19-14(4)16(13(3)18-19)17-11-10-15-8-6-5-7-9-15/h12,15,17H,5-11H2,1-4H3. The molecule has 1 aliphatic carbocycles. The van der Waals surface area contributed by atoms with Gasteiger partial charge in [0.25, 0.3) is 0 Å². The lowest BCUT2D eigenvalue weighted by Gasteiger charge is -2.21. The van der Waals surface area contributed by atoms with Gasteiger partial charge in [-0.25, -0.2) is 0 Å². The van der Waals surface area contributed by atoms with Gasteiger partial charge in [0.1, 0.15) is 0 Å². The van der Waals surface area contributed by atoms with Crippen LogP contribution >= 0.6 is 0 Å². The Morgan fingerprint density at radius 1 is 1.21 bits per heavy atom. The summed E-state index contributed by atoms with van der Waals surface area (Å²) in [7, 11) is 0. The molecule has 0 saturated heterocycles. The Hall–Kier alpha value is -0.990. The van der Waals surface area contributed by atoms with Crippen LogP contribution in [0.1, 0.15) is 69.8 Å². The van der Waals surface area contributed by atoms with Gasteiger partial charge in [-0.05, 0) is 40.0 Å². The fourth-order valence-electron chi connectivity index (χ4n) is 3.30. The maximum absolute atomic E-state index is 4.63. The number of rotatable bonds is 5. The van der Waals surface area contributed by atoms with Crippen molar-refractivity contribution in [1.82, 2.24) is 9.78 Å². The van der Waals surface area contributed by atoms with E-state index in [0.29, 0.717) is 6.04 Å². The Morgan fingerprint density at radius 2 is 1.89 bits per heavy atom. The van der Waals surface area contributed by atoms with Gasteiger partial charge >= 0.3 is 0 Å². The predicted octanol–water partition coefficient (Wildman–Crippen LogP) is 4.46. The normalized spacial score (nSPS) is 17.1. The molecule has 1 heterocycles. The summed E-state index contributed by atoms with van der Waals surface area (Å²) >= 11 is 0. The summed E-state index contributed by atoms with van der Waals surface area (Å²) in [6, 6.07) is 0.438. The average Bonchev–Trinajstić information content (AvgIpc) is 2.68. The molecular formula is C16H29N3. The van der Waals surface area contributed by atoms with Gasteiger partial charge in [0.2, 0.25) is 0 Å². The predicted molar refractivity (Wildman–Crippen MR) is 81.8 cm³/mol. The highest BCUT2D eigenvalue weighted by atomic mass is 15.3. The van der Waals surface area contributed by atoms with Crippen LogP contribution in [0.2, 0.25) is 0 Å². The van der Waals surface area contributed by atoms with Crippen molar-refractivity contribution in [2.75, 3.05) is 11.9 Å². The monoisotopic (exact) mass is 263 g/mol. The molecule has 1 aliphatic rings. The fraction of sp³-hybridized carbons (Fsp3) is 0.812. The van der Waals surface area contributed by atoms with Crippen molar-refractivity contribution >= 4 is 5.69 Å². The van der Waals surface area contributed by atoms with E-state index < -0.39 is 0 Å². The van der Waals surface area contributed by atoms with E-state index in [4.69, 9.17) is 0 Å². The first-order valence-electron chi connectivity index (χ1n) is 7.89. The second kappa shape index (κ2) is 6.44. The minimum Gasteiger partial charge on any atom is -0.382 e. The third kappa shape index (κ3) is 3.52. The van der Waals surface area contributed by atoms with Crippen molar-refractivity contribution in [2.45, 2.75) is 72.3 Å². The maximum atomic E-state index is 4.63. The summed E-state index contributed by atoms with van der Waals surface area (Å²) < 4.78 is 2.12. The lowest BCUT2D eigenvalue weighted by Crippen LogP contribution is -2.13. The van der Waals surface area contributed by atoms with Crippen LogP contribution in [0.5, 0.6) is 0 Å². The molecule has 1 saturated carbocycles. The number of hydrogen-bond acceptors (Lipinski definition) is 2. The molecule has 108 valence electrons. The molecule has 0 aromatic carbocycles. The van der Waals surface area contributed by atoms with E-state index in [1.165, 1.54) is 49.9 Å².